The quantitative estimate of drug-likeness (QED) is 0.777. The number of rotatable bonds is 4. The SMILES string of the molecule is C=CN(CC1CC1(C)c1ccccc1)C(C)=O. The number of hydrogen-bond donors (Lipinski definition) is 0. The molecule has 1 saturated carbocycles. The predicted octanol–water partition coefficient (Wildman–Crippen LogP) is 2.96. The van der Waals surface area contributed by atoms with Gasteiger partial charge in [0.1, 0.15) is 0 Å². The lowest BCUT2D eigenvalue weighted by Crippen LogP contribution is -2.26. The van der Waals surface area contributed by atoms with Crippen LogP contribution < -0.4 is 0 Å². The van der Waals surface area contributed by atoms with E-state index in [9.17, 15) is 4.79 Å². The van der Waals surface area contributed by atoms with Gasteiger partial charge in [-0.15, -0.1) is 0 Å². The van der Waals surface area contributed by atoms with E-state index in [2.05, 4.69) is 37.8 Å². The van der Waals surface area contributed by atoms with Gasteiger partial charge in [0.15, 0.2) is 0 Å². The molecule has 2 rings (SSSR count). The van der Waals surface area contributed by atoms with E-state index in [4.69, 9.17) is 0 Å². The molecule has 1 aliphatic rings. The molecule has 2 atom stereocenters. The Bertz CT molecular complexity index is 426. The van der Waals surface area contributed by atoms with Crippen LogP contribution in [0.2, 0.25) is 0 Å². The van der Waals surface area contributed by atoms with Crippen LogP contribution >= 0.6 is 0 Å². The summed E-state index contributed by atoms with van der Waals surface area (Å²) in [7, 11) is 0. The Hall–Kier alpha value is -1.57. The third-order valence-electron chi connectivity index (χ3n) is 3.89. The molecule has 0 aliphatic heterocycles. The van der Waals surface area contributed by atoms with E-state index in [0.717, 1.165) is 13.0 Å². The van der Waals surface area contributed by atoms with Gasteiger partial charge < -0.3 is 4.90 Å². The van der Waals surface area contributed by atoms with Crippen LogP contribution in [-0.4, -0.2) is 17.4 Å². The first kappa shape index (κ1) is 11.9. The summed E-state index contributed by atoms with van der Waals surface area (Å²) in [4.78, 5) is 13.0. The highest BCUT2D eigenvalue weighted by molar-refractivity contribution is 5.74. The van der Waals surface area contributed by atoms with E-state index in [1.165, 1.54) is 5.56 Å². The van der Waals surface area contributed by atoms with Crippen LogP contribution in [0, 0.1) is 5.92 Å². The Balaban J connectivity index is 2.04. The highest BCUT2D eigenvalue weighted by Crippen LogP contribution is 2.54. The van der Waals surface area contributed by atoms with Crippen molar-refractivity contribution in [3.63, 3.8) is 0 Å². The van der Waals surface area contributed by atoms with Crippen molar-refractivity contribution in [2.75, 3.05) is 6.54 Å². The molecule has 1 aliphatic carbocycles. The standard InChI is InChI=1S/C15H19NO/c1-4-16(12(2)17)11-14-10-15(14,3)13-8-6-5-7-9-13/h4-9,14H,1,10-11H2,2-3H3. The van der Waals surface area contributed by atoms with Gasteiger partial charge in [-0.25, -0.2) is 0 Å². The van der Waals surface area contributed by atoms with Gasteiger partial charge in [0.05, 0.1) is 0 Å². The summed E-state index contributed by atoms with van der Waals surface area (Å²) in [6.07, 6.45) is 2.78. The maximum absolute atomic E-state index is 11.3. The normalized spacial score (nSPS) is 26.4. The molecule has 2 heteroatoms. The second-order valence-electron chi connectivity index (χ2n) is 5.04. The fraction of sp³-hybridized carbons (Fsp3) is 0.400. The molecule has 0 heterocycles. The first-order valence-corrected chi connectivity index (χ1v) is 6.03. The lowest BCUT2D eigenvalue weighted by Gasteiger charge is -2.18. The molecule has 0 aromatic heterocycles. The van der Waals surface area contributed by atoms with Gasteiger partial charge in [0.2, 0.25) is 5.91 Å². The molecular weight excluding hydrogens is 210 g/mol. The number of carbonyl (C=O) groups is 1. The lowest BCUT2D eigenvalue weighted by molar-refractivity contribution is -0.126. The van der Waals surface area contributed by atoms with Crippen molar-refractivity contribution in [2.45, 2.75) is 25.7 Å². The number of amides is 1. The molecule has 17 heavy (non-hydrogen) atoms. The van der Waals surface area contributed by atoms with Crippen LogP contribution in [0.3, 0.4) is 0 Å². The monoisotopic (exact) mass is 229 g/mol. The first-order chi connectivity index (χ1) is 8.08. The van der Waals surface area contributed by atoms with E-state index >= 15 is 0 Å². The van der Waals surface area contributed by atoms with E-state index in [1.807, 2.05) is 6.07 Å². The summed E-state index contributed by atoms with van der Waals surface area (Å²) in [6, 6.07) is 10.5. The van der Waals surface area contributed by atoms with Gasteiger partial charge in [-0.2, -0.15) is 0 Å². The summed E-state index contributed by atoms with van der Waals surface area (Å²) in [5, 5.41) is 0. The lowest BCUT2D eigenvalue weighted by atomic mass is 9.95. The number of benzene rings is 1. The molecule has 90 valence electrons. The molecule has 2 unspecified atom stereocenters. The summed E-state index contributed by atoms with van der Waals surface area (Å²) in [5.41, 5.74) is 1.61. The zero-order valence-corrected chi connectivity index (χ0v) is 10.5. The van der Waals surface area contributed by atoms with Crippen molar-refractivity contribution in [1.82, 2.24) is 4.90 Å². The summed E-state index contributed by atoms with van der Waals surface area (Å²) >= 11 is 0. The van der Waals surface area contributed by atoms with Gasteiger partial charge in [-0.05, 0) is 29.5 Å². The molecular formula is C15H19NO. The molecule has 1 fully saturated rings. The number of carbonyl (C=O) groups excluding carboxylic acids is 1. The highest BCUT2D eigenvalue weighted by atomic mass is 16.2. The summed E-state index contributed by atoms with van der Waals surface area (Å²) < 4.78 is 0. The van der Waals surface area contributed by atoms with Crippen LogP contribution in [0.25, 0.3) is 0 Å². The van der Waals surface area contributed by atoms with Crippen molar-refractivity contribution in [1.29, 1.82) is 0 Å². The molecule has 0 saturated heterocycles. The number of nitrogens with zero attached hydrogens (tertiary/aromatic N) is 1. The molecule has 0 radical (unpaired) electrons. The van der Waals surface area contributed by atoms with Crippen molar-refractivity contribution in [3.8, 4) is 0 Å². The topological polar surface area (TPSA) is 20.3 Å². The predicted molar refractivity (Wildman–Crippen MR) is 69.5 cm³/mol. The Morgan fingerprint density at radius 2 is 2.18 bits per heavy atom. The fourth-order valence-corrected chi connectivity index (χ4v) is 2.46. The molecule has 0 spiro atoms. The Kier molecular flexibility index (Phi) is 3.05. The minimum absolute atomic E-state index is 0.0716. The Morgan fingerprint density at radius 3 is 2.71 bits per heavy atom. The minimum Gasteiger partial charge on any atom is -0.320 e. The Morgan fingerprint density at radius 1 is 1.53 bits per heavy atom. The third-order valence-corrected chi connectivity index (χ3v) is 3.89. The maximum atomic E-state index is 11.3. The average molecular weight is 229 g/mol. The summed E-state index contributed by atoms with van der Waals surface area (Å²) in [6.45, 7) is 8.33. The zero-order chi connectivity index (χ0) is 12.5. The summed E-state index contributed by atoms with van der Waals surface area (Å²) in [5.74, 6) is 0.620. The van der Waals surface area contributed by atoms with Gasteiger partial charge >= 0.3 is 0 Å². The molecule has 2 nitrogen and oxygen atoms in total. The average Bonchev–Trinajstić information content (AvgIpc) is 2.99. The van der Waals surface area contributed by atoms with E-state index in [0.29, 0.717) is 5.92 Å². The molecule has 1 aromatic rings. The van der Waals surface area contributed by atoms with Crippen molar-refractivity contribution >= 4 is 5.91 Å². The molecule has 0 N–H and O–H groups in total. The van der Waals surface area contributed by atoms with Gasteiger partial charge in [0.25, 0.3) is 0 Å². The second-order valence-corrected chi connectivity index (χ2v) is 5.04. The van der Waals surface area contributed by atoms with Gasteiger partial charge in [-0.1, -0.05) is 43.8 Å². The van der Waals surface area contributed by atoms with Crippen LogP contribution in [0.15, 0.2) is 43.1 Å². The minimum atomic E-state index is 0.0716. The van der Waals surface area contributed by atoms with Gasteiger partial charge in [0, 0.05) is 13.5 Å². The maximum Gasteiger partial charge on any atom is 0.223 e. The third kappa shape index (κ3) is 2.26. The van der Waals surface area contributed by atoms with Crippen LogP contribution in [0.1, 0.15) is 25.8 Å². The Labute approximate surface area is 103 Å². The second kappa shape index (κ2) is 4.36. The fourth-order valence-electron chi connectivity index (χ4n) is 2.46. The molecule has 1 amide bonds. The van der Waals surface area contributed by atoms with Crippen LogP contribution in [0.5, 0.6) is 0 Å². The first-order valence-electron chi connectivity index (χ1n) is 6.03. The van der Waals surface area contributed by atoms with E-state index in [1.54, 1.807) is 18.0 Å². The van der Waals surface area contributed by atoms with Gasteiger partial charge in [-0.3, -0.25) is 4.79 Å². The van der Waals surface area contributed by atoms with Crippen molar-refractivity contribution in [3.05, 3.63) is 48.7 Å². The smallest absolute Gasteiger partial charge is 0.223 e. The molecule has 0 bridgehead atoms. The van der Waals surface area contributed by atoms with Crippen molar-refractivity contribution < 1.29 is 4.79 Å². The van der Waals surface area contributed by atoms with E-state index in [-0.39, 0.29) is 11.3 Å². The van der Waals surface area contributed by atoms with Crippen molar-refractivity contribution in [2.24, 2.45) is 5.92 Å². The van der Waals surface area contributed by atoms with Crippen LogP contribution in [0.4, 0.5) is 0 Å². The zero-order valence-electron chi connectivity index (χ0n) is 10.5. The highest BCUT2D eigenvalue weighted by Gasteiger charge is 2.51. The van der Waals surface area contributed by atoms with Crippen LogP contribution in [-0.2, 0) is 10.2 Å². The molecule has 1 aromatic carbocycles. The number of hydrogen-bond acceptors (Lipinski definition) is 1. The van der Waals surface area contributed by atoms with E-state index < -0.39 is 0 Å². The largest absolute Gasteiger partial charge is 0.320 e.